The van der Waals surface area contributed by atoms with Gasteiger partial charge >= 0.3 is 0 Å². The van der Waals surface area contributed by atoms with E-state index < -0.39 is 0 Å². The van der Waals surface area contributed by atoms with Crippen LogP contribution in [0.15, 0.2) is 47.6 Å². The number of thioether (sulfide) groups is 1. The minimum Gasteiger partial charge on any atom is -0.495 e. The first kappa shape index (κ1) is 19.3. The number of hydrogen-bond donors (Lipinski definition) is 1. The Bertz CT molecular complexity index is 1230. The van der Waals surface area contributed by atoms with E-state index in [1.54, 1.807) is 7.11 Å². The van der Waals surface area contributed by atoms with E-state index in [1.807, 2.05) is 36.4 Å². The summed E-state index contributed by atoms with van der Waals surface area (Å²) < 4.78 is 7.36. The van der Waals surface area contributed by atoms with Crippen LogP contribution in [-0.4, -0.2) is 33.4 Å². The molecule has 1 amide bonds. The molecule has 148 valence electrons. The highest BCUT2D eigenvalue weighted by molar-refractivity contribution is 7.99. The van der Waals surface area contributed by atoms with Crippen LogP contribution in [0.5, 0.6) is 5.75 Å². The van der Waals surface area contributed by atoms with Gasteiger partial charge in [0.25, 0.3) is 0 Å². The number of rotatable bonds is 5. The maximum atomic E-state index is 12.6. The van der Waals surface area contributed by atoms with E-state index in [-0.39, 0.29) is 11.7 Å². The lowest BCUT2D eigenvalue weighted by molar-refractivity contribution is -0.113. The van der Waals surface area contributed by atoms with Crippen molar-refractivity contribution in [1.29, 1.82) is 0 Å². The Balaban J connectivity index is 1.60. The molecule has 2 heterocycles. The molecule has 1 N–H and O–H groups in total. The smallest absolute Gasteiger partial charge is 0.234 e. The zero-order chi connectivity index (χ0) is 20.5. The van der Waals surface area contributed by atoms with Crippen LogP contribution in [0.3, 0.4) is 0 Å². The molecule has 0 aliphatic carbocycles. The Morgan fingerprint density at radius 1 is 1.07 bits per heavy atom. The van der Waals surface area contributed by atoms with Crippen molar-refractivity contribution in [2.75, 3.05) is 18.2 Å². The molecule has 0 fully saturated rings. The topological polar surface area (TPSA) is 68.5 Å². The summed E-state index contributed by atoms with van der Waals surface area (Å²) in [5.74, 6) is 0.738. The number of methoxy groups -OCH3 is 1. The van der Waals surface area contributed by atoms with Crippen molar-refractivity contribution in [3.63, 3.8) is 0 Å². The largest absolute Gasteiger partial charge is 0.495 e. The number of nitrogens with one attached hydrogen (secondary N) is 1. The lowest BCUT2D eigenvalue weighted by Crippen LogP contribution is -2.15. The second-order valence-corrected chi connectivity index (χ2v) is 8.01. The third-order valence-corrected chi connectivity index (χ3v) is 5.68. The number of carbonyl (C=O) groups excluding carboxylic acids is 1. The van der Waals surface area contributed by atoms with Crippen molar-refractivity contribution in [1.82, 2.24) is 14.6 Å². The first-order chi connectivity index (χ1) is 14.0. The van der Waals surface area contributed by atoms with Gasteiger partial charge in [-0.25, -0.2) is 0 Å². The van der Waals surface area contributed by atoms with Gasteiger partial charge in [-0.3, -0.25) is 9.20 Å². The van der Waals surface area contributed by atoms with E-state index in [0.717, 1.165) is 33.2 Å². The van der Waals surface area contributed by atoms with Gasteiger partial charge < -0.3 is 10.1 Å². The summed E-state index contributed by atoms with van der Waals surface area (Å²) in [5, 5.41) is 13.4. The number of nitrogens with zero attached hydrogens (tertiary/aromatic N) is 3. The number of benzene rings is 2. The van der Waals surface area contributed by atoms with E-state index in [9.17, 15) is 4.79 Å². The molecule has 0 bridgehead atoms. The van der Waals surface area contributed by atoms with Crippen LogP contribution < -0.4 is 10.1 Å². The van der Waals surface area contributed by atoms with Crippen molar-refractivity contribution >= 4 is 39.9 Å². The molecule has 0 saturated heterocycles. The Kier molecular flexibility index (Phi) is 5.15. The Hall–Kier alpha value is -3.06. The summed E-state index contributed by atoms with van der Waals surface area (Å²) in [7, 11) is 1.59. The second kappa shape index (κ2) is 7.75. The van der Waals surface area contributed by atoms with Crippen molar-refractivity contribution in [3.05, 3.63) is 59.2 Å². The van der Waals surface area contributed by atoms with E-state index in [0.29, 0.717) is 16.6 Å². The fraction of sp³-hybridized carbons (Fsp3) is 0.227. The fourth-order valence-electron chi connectivity index (χ4n) is 3.34. The number of fused-ring (bicyclic) bond motifs is 3. The molecule has 0 aliphatic heterocycles. The summed E-state index contributed by atoms with van der Waals surface area (Å²) in [5.41, 5.74) is 5.78. The van der Waals surface area contributed by atoms with Gasteiger partial charge in [0, 0.05) is 0 Å². The molecule has 2 aromatic carbocycles. The van der Waals surface area contributed by atoms with Gasteiger partial charge in [0.1, 0.15) is 5.75 Å². The maximum absolute atomic E-state index is 12.6. The van der Waals surface area contributed by atoms with Crippen LogP contribution in [0.2, 0.25) is 0 Å². The summed E-state index contributed by atoms with van der Waals surface area (Å²) in [6.07, 6.45) is 0. The molecule has 0 radical (unpaired) electrons. The van der Waals surface area contributed by atoms with Crippen LogP contribution in [0, 0.1) is 20.8 Å². The quantitative estimate of drug-likeness (QED) is 0.493. The normalized spacial score (nSPS) is 11.2. The SMILES string of the molecule is COc1ccc(C)cc1NC(=O)CSc1nnc2c(C)cc3ccc(C)cc3n12. The summed E-state index contributed by atoms with van der Waals surface area (Å²) in [6.45, 7) is 6.06. The highest BCUT2D eigenvalue weighted by Gasteiger charge is 2.15. The average molecular weight is 407 g/mol. The zero-order valence-corrected chi connectivity index (χ0v) is 17.6. The number of aryl methyl sites for hydroxylation is 3. The summed E-state index contributed by atoms with van der Waals surface area (Å²) >= 11 is 1.37. The Labute approximate surface area is 173 Å². The molecule has 6 nitrogen and oxygen atoms in total. The van der Waals surface area contributed by atoms with Gasteiger partial charge in [-0.15, -0.1) is 10.2 Å². The van der Waals surface area contributed by atoms with Crippen molar-refractivity contribution < 1.29 is 9.53 Å². The number of anilines is 1. The average Bonchev–Trinajstić information content (AvgIpc) is 3.12. The molecular weight excluding hydrogens is 384 g/mol. The Morgan fingerprint density at radius 2 is 1.83 bits per heavy atom. The van der Waals surface area contributed by atoms with Gasteiger partial charge in [-0.05, 0) is 67.1 Å². The monoisotopic (exact) mass is 406 g/mol. The minimum atomic E-state index is -0.121. The first-order valence-electron chi connectivity index (χ1n) is 9.28. The molecule has 29 heavy (non-hydrogen) atoms. The highest BCUT2D eigenvalue weighted by Crippen LogP contribution is 2.28. The molecule has 0 unspecified atom stereocenters. The van der Waals surface area contributed by atoms with Crippen LogP contribution >= 0.6 is 11.8 Å². The summed E-state index contributed by atoms with van der Waals surface area (Å²) in [6, 6.07) is 14.1. The molecule has 0 aliphatic rings. The number of pyridine rings is 1. The van der Waals surface area contributed by atoms with Crippen molar-refractivity contribution in [2.24, 2.45) is 0 Å². The predicted octanol–water partition coefficient (Wildman–Crippen LogP) is 4.55. The minimum absolute atomic E-state index is 0.121. The van der Waals surface area contributed by atoms with Gasteiger partial charge in [0.2, 0.25) is 5.91 Å². The fourth-order valence-corrected chi connectivity index (χ4v) is 4.08. The van der Waals surface area contributed by atoms with Gasteiger partial charge in [-0.1, -0.05) is 30.0 Å². The lowest BCUT2D eigenvalue weighted by Gasteiger charge is -2.11. The van der Waals surface area contributed by atoms with Crippen LogP contribution in [0.1, 0.15) is 16.7 Å². The third-order valence-electron chi connectivity index (χ3n) is 4.75. The maximum Gasteiger partial charge on any atom is 0.234 e. The molecule has 7 heteroatoms. The van der Waals surface area contributed by atoms with E-state index in [1.165, 1.54) is 11.8 Å². The number of carbonyl (C=O) groups is 1. The van der Waals surface area contributed by atoms with E-state index in [2.05, 4.69) is 46.7 Å². The molecule has 0 saturated carbocycles. The Morgan fingerprint density at radius 3 is 2.62 bits per heavy atom. The van der Waals surface area contributed by atoms with Gasteiger partial charge in [-0.2, -0.15) is 0 Å². The van der Waals surface area contributed by atoms with Crippen LogP contribution in [0.4, 0.5) is 5.69 Å². The first-order valence-corrected chi connectivity index (χ1v) is 10.3. The molecule has 0 atom stereocenters. The van der Waals surface area contributed by atoms with Gasteiger partial charge in [0.15, 0.2) is 10.8 Å². The van der Waals surface area contributed by atoms with Crippen molar-refractivity contribution in [2.45, 2.75) is 25.9 Å². The number of hydrogen-bond acceptors (Lipinski definition) is 5. The molecule has 4 rings (SSSR count). The third kappa shape index (κ3) is 3.78. The van der Waals surface area contributed by atoms with E-state index >= 15 is 0 Å². The highest BCUT2D eigenvalue weighted by atomic mass is 32.2. The molecule has 0 spiro atoms. The number of ether oxygens (including phenoxy) is 1. The molecule has 4 aromatic rings. The lowest BCUT2D eigenvalue weighted by atomic mass is 10.1. The zero-order valence-electron chi connectivity index (χ0n) is 16.8. The standard InChI is InChI=1S/C22H22N4O2S/c1-13-6-8-19(28-4)17(9-13)23-20(27)12-29-22-25-24-21-15(3)11-16-7-5-14(2)10-18(16)26(21)22/h5-11H,12H2,1-4H3,(H,23,27). The van der Waals surface area contributed by atoms with Crippen molar-refractivity contribution in [3.8, 4) is 5.75 Å². The van der Waals surface area contributed by atoms with E-state index in [4.69, 9.17) is 4.74 Å². The second-order valence-electron chi connectivity index (χ2n) is 7.07. The van der Waals surface area contributed by atoms with Crippen LogP contribution in [0.25, 0.3) is 16.6 Å². The molecular formula is C22H22N4O2S. The predicted molar refractivity (Wildman–Crippen MR) is 117 cm³/mol. The van der Waals surface area contributed by atoms with Crippen LogP contribution in [-0.2, 0) is 4.79 Å². The number of amides is 1. The summed E-state index contributed by atoms with van der Waals surface area (Å²) in [4.78, 5) is 12.6. The molecule has 2 aromatic heterocycles. The number of aromatic nitrogens is 3. The van der Waals surface area contributed by atoms with Gasteiger partial charge in [0.05, 0.1) is 24.1 Å².